The van der Waals surface area contributed by atoms with Gasteiger partial charge >= 0.3 is 0 Å². The van der Waals surface area contributed by atoms with Crippen molar-refractivity contribution in [1.82, 2.24) is 10.3 Å². The molecule has 5 nitrogen and oxygen atoms in total. The minimum absolute atomic E-state index is 0.0687. The third-order valence-corrected chi connectivity index (χ3v) is 3.20. The van der Waals surface area contributed by atoms with E-state index in [1.165, 1.54) is 0 Å². The normalized spacial score (nSPS) is 15.5. The molecule has 0 atom stereocenters. The SMILES string of the molecule is N#Cc1cnc2cc(N3CCNCC3=O)ccc2c1. The standard InChI is InChI=1S/C14H12N4O/c15-7-10-5-11-1-2-12(6-13(11)17-8-10)18-4-3-16-9-14(18)19/h1-2,5-6,8,16H,3-4,9H2. The van der Waals surface area contributed by atoms with E-state index in [4.69, 9.17) is 5.26 Å². The van der Waals surface area contributed by atoms with Crippen molar-refractivity contribution < 1.29 is 4.79 Å². The highest BCUT2D eigenvalue weighted by molar-refractivity contribution is 5.97. The van der Waals surface area contributed by atoms with Crippen molar-refractivity contribution in [2.75, 3.05) is 24.5 Å². The number of nitriles is 1. The van der Waals surface area contributed by atoms with Gasteiger partial charge in [0.2, 0.25) is 5.91 Å². The van der Waals surface area contributed by atoms with Crippen LogP contribution in [0, 0.1) is 11.3 Å². The molecule has 0 bridgehead atoms. The monoisotopic (exact) mass is 252 g/mol. The zero-order valence-electron chi connectivity index (χ0n) is 10.3. The fourth-order valence-electron chi connectivity index (χ4n) is 2.22. The number of piperazine rings is 1. The smallest absolute Gasteiger partial charge is 0.240 e. The molecule has 1 aromatic heterocycles. The van der Waals surface area contributed by atoms with Gasteiger partial charge in [-0.15, -0.1) is 0 Å². The molecule has 94 valence electrons. The van der Waals surface area contributed by atoms with Gasteiger partial charge in [-0.25, -0.2) is 0 Å². The average Bonchev–Trinajstić information content (AvgIpc) is 2.46. The molecule has 1 saturated heterocycles. The van der Waals surface area contributed by atoms with Crippen molar-refractivity contribution in [2.45, 2.75) is 0 Å². The number of hydrogen-bond donors (Lipinski definition) is 1. The molecule has 0 radical (unpaired) electrons. The van der Waals surface area contributed by atoms with E-state index in [-0.39, 0.29) is 5.91 Å². The molecule has 1 amide bonds. The second-order valence-electron chi connectivity index (χ2n) is 4.43. The van der Waals surface area contributed by atoms with Crippen molar-refractivity contribution in [3.63, 3.8) is 0 Å². The maximum atomic E-state index is 11.8. The highest BCUT2D eigenvalue weighted by Gasteiger charge is 2.19. The Kier molecular flexibility index (Phi) is 2.86. The first-order valence-electron chi connectivity index (χ1n) is 6.09. The van der Waals surface area contributed by atoms with E-state index < -0.39 is 0 Å². The van der Waals surface area contributed by atoms with Crippen molar-refractivity contribution in [3.05, 3.63) is 36.0 Å². The van der Waals surface area contributed by atoms with Crippen LogP contribution in [0.15, 0.2) is 30.5 Å². The first-order valence-corrected chi connectivity index (χ1v) is 6.09. The number of anilines is 1. The van der Waals surface area contributed by atoms with Gasteiger partial charge in [-0.1, -0.05) is 6.07 Å². The number of aromatic nitrogens is 1. The maximum absolute atomic E-state index is 11.8. The Morgan fingerprint density at radius 1 is 1.37 bits per heavy atom. The topological polar surface area (TPSA) is 69.0 Å². The molecule has 2 heterocycles. The fraction of sp³-hybridized carbons (Fsp3) is 0.214. The molecular formula is C14H12N4O. The number of carbonyl (C=O) groups excluding carboxylic acids is 1. The van der Waals surface area contributed by atoms with E-state index in [0.717, 1.165) is 23.1 Å². The van der Waals surface area contributed by atoms with Crippen LogP contribution in [0.25, 0.3) is 10.9 Å². The molecule has 1 N–H and O–H groups in total. The van der Waals surface area contributed by atoms with Gasteiger partial charge in [-0.05, 0) is 18.2 Å². The largest absolute Gasteiger partial charge is 0.310 e. The minimum atomic E-state index is 0.0687. The number of nitrogens with zero attached hydrogens (tertiary/aromatic N) is 3. The second kappa shape index (κ2) is 4.67. The lowest BCUT2D eigenvalue weighted by Gasteiger charge is -2.27. The number of hydrogen-bond acceptors (Lipinski definition) is 4. The summed E-state index contributed by atoms with van der Waals surface area (Å²) in [5.41, 5.74) is 2.19. The average molecular weight is 252 g/mol. The van der Waals surface area contributed by atoms with Crippen LogP contribution in [0.1, 0.15) is 5.56 Å². The van der Waals surface area contributed by atoms with E-state index in [9.17, 15) is 4.79 Å². The number of amides is 1. The van der Waals surface area contributed by atoms with Crippen LogP contribution in [0.5, 0.6) is 0 Å². The number of pyridine rings is 1. The van der Waals surface area contributed by atoms with Gasteiger partial charge in [0.05, 0.1) is 17.6 Å². The van der Waals surface area contributed by atoms with Crippen LogP contribution in [0.3, 0.4) is 0 Å². The lowest BCUT2D eigenvalue weighted by Crippen LogP contribution is -2.48. The van der Waals surface area contributed by atoms with Crippen LogP contribution >= 0.6 is 0 Å². The summed E-state index contributed by atoms with van der Waals surface area (Å²) >= 11 is 0. The van der Waals surface area contributed by atoms with E-state index in [1.807, 2.05) is 18.2 Å². The van der Waals surface area contributed by atoms with Gasteiger partial charge in [0.1, 0.15) is 6.07 Å². The Morgan fingerprint density at radius 3 is 3.05 bits per heavy atom. The number of nitrogens with one attached hydrogen (secondary N) is 1. The molecule has 2 aromatic rings. The third-order valence-electron chi connectivity index (χ3n) is 3.20. The van der Waals surface area contributed by atoms with Gasteiger partial charge < -0.3 is 10.2 Å². The molecular weight excluding hydrogens is 240 g/mol. The summed E-state index contributed by atoms with van der Waals surface area (Å²) in [5.74, 6) is 0.0687. The number of fused-ring (bicyclic) bond motifs is 1. The summed E-state index contributed by atoms with van der Waals surface area (Å²) in [7, 11) is 0. The Balaban J connectivity index is 2.02. The van der Waals surface area contributed by atoms with Crippen LogP contribution in [-0.4, -0.2) is 30.5 Å². The Morgan fingerprint density at radius 2 is 2.26 bits per heavy atom. The molecule has 1 aromatic carbocycles. The molecule has 0 saturated carbocycles. The number of rotatable bonds is 1. The zero-order chi connectivity index (χ0) is 13.2. The molecule has 1 aliphatic heterocycles. The van der Waals surface area contributed by atoms with E-state index in [0.29, 0.717) is 18.7 Å². The van der Waals surface area contributed by atoms with E-state index in [1.54, 1.807) is 17.2 Å². The van der Waals surface area contributed by atoms with E-state index in [2.05, 4.69) is 16.4 Å². The Labute approximate surface area is 110 Å². The van der Waals surface area contributed by atoms with Gasteiger partial charge in [0.25, 0.3) is 0 Å². The summed E-state index contributed by atoms with van der Waals surface area (Å²) in [6, 6.07) is 9.55. The minimum Gasteiger partial charge on any atom is -0.310 e. The highest BCUT2D eigenvalue weighted by Crippen LogP contribution is 2.22. The first-order chi connectivity index (χ1) is 9.28. The van der Waals surface area contributed by atoms with Crippen LogP contribution < -0.4 is 10.2 Å². The molecule has 1 aliphatic rings. The lowest BCUT2D eigenvalue weighted by atomic mass is 10.1. The Bertz CT molecular complexity index is 689. The summed E-state index contributed by atoms with van der Waals surface area (Å²) in [4.78, 5) is 17.8. The summed E-state index contributed by atoms with van der Waals surface area (Å²) in [5, 5.41) is 12.8. The molecule has 0 spiro atoms. The summed E-state index contributed by atoms with van der Waals surface area (Å²) in [6.45, 7) is 1.84. The number of carbonyl (C=O) groups is 1. The molecule has 0 aliphatic carbocycles. The molecule has 0 unspecified atom stereocenters. The summed E-state index contributed by atoms with van der Waals surface area (Å²) in [6.07, 6.45) is 1.55. The lowest BCUT2D eigenvalue weighted by molar-refractivity contribution is -0.118. The van der Waals surface area contributed by atoms with Crippen LogP contribution in [0.2, 0.25) is 0 Å². The number of benzene rings is 1. The third kappa shape index (κ3) is 2.14. The van der Waals surface area contributed by atoms with Gasteiger partial charge in [0, 0.05) is 30.4 Å². The zero-order valence-corrected chi connectivity index (χ0v) is 10.3. The predicted octanol–water partition coefficient (Wildman–Crippen LogP) is 1.04. The van der Waals surface area contributed by atoms with Gasteiger partial charge in [-0.3, -0.25) is 9.78 Å². The molecule has 1 fully saturated rings. The molecule has 3 rings (SSSR count). The van der Waals surface area contributed by atoms with Crippen LogP contribution in [-0.2, 0) is 4.79 Å². The first kappa shape index (κ1) is 11.6. The molecule has 5 heteroatoms. The van der Waals surface area contributed by atoms with Gasteiger partial charge in [-0.2, -0.15) is 5.26 Å². The van der Waals surface area contributed by atoms with Crippen LogP contribution in [0.4, 0.5) is 5.69 Å². The van der Waals surface area contributed by atoms with Gasteiger partial charge in [0.15, 0.2) is 0 Å². The van der Waals surface area contributed by atoms with Crippen molar-refractivity contribution in [2.24, 2.45) is 0 Å². The fourth-order valence-corrected chi connectivity index (χ4v) is 2.22. The second-order valence-corrected chi connectivity index (χ2v) is 4.43. The quantitative estimate of drug-likeness (QED) is 0.823. The maximum Gasteiger partial charge on any atom is 0.240 e. The Hall–Kier alpha value is -2.45. The van der Waals surface area contributed by atoms with Crippen molar-refractivity contribution in [3.8, 4) is 6.07 Å². The van der Waals surface area contributed by atoms with E-state index >= 15 is 0 Å². The van der Waals surface area contributed by atoms with Crippen molar-refractivity contribution in [1.29, 1.82) is 5.26 Å². The predicted molar refractivity (Wildman–Crippen MR) is 71.7 cm³/mol. The summed E-state index contributed by atoms with van der Waals surface area (Å²) < 4.78 is 0. The highest BCUT2D eigenvalue weighted by atomic mass is 16.2. The van der Waals surface area contributed by atoms with Crippen molar-refractivity contribution >= 4 is 22.5 Å². The molecule has 19 heavy (non-hydrogen) atoms.